The van der Waals surface area contributed by atoms with E-state index in [-0.39, 0.29) is 28.7 Å². The molecule has 21 heavy (non-hydrogen) atoms. The first-order valence-electron chi connectivity index (χ1n) is 6.58. The van der Waals surface area contributed by atoms with Gasteiger partial charge in [0.2, 0.25) is 0 Å². The second kappa shape index (κ2) is 6.85. The summed E-state index contributed by atoms with van der Waals surface area (Å²) in [7, 11) is -2.96. The van der Waals surface area contributed by atoms with Crippen LogP contribution in [-0.2, 0) is 16.3 Å². The number of hydrogen-bond donors (Lipinski definition) is 0. The Morgan fingerprint density at radius 2 is 2.00 bits per heavy atom. The third kappa shape index (κ3) is 4.01. The summed E-state index contributed by atoms with van der Waals surface area (Å²) in [4.78, 5) is 0. The predicted molar refractivity (Wildman–Crippen MR) is 91.9 cm³/mol. The smallest absolute Gasteiger partial charge is 0.150 e. The van der Waals surface area contributed by atoms with E-state index >= 15 is 0 Å². The molecule has 0 N–H and O–H groups in total. The Morgan fingerprint density at radius 1 is 1.33 bits per heavy atom. The quantitative estimate of drug-likeness (QED) is 0.614. The second-order valence-electron chi connectivity index (χ2n) is 5.64. The summed E-state index contributed by atoms with van der Waals surface area (Å²) in [5, 5.41) is 1.60. The largest absolute Gasteiger partial charge is 0.229 e. The molecular weight excluding hydrogens is 446 g/mol. The normalized spacial score (nSPS) is 21.6. The maximum atomic E-state index is 14.1. The Labute approximate surface area is 146 Å². The van der Waals surface area contributed by atoms with Crippen LogP contribution in [0.25, 0.3) is 0 Å². The van der Waals surface area contributed by atoms with Crippen molar-refractivity contribution >= 4 is 53.3 Å². The fraction of sp³-hybridized carbons (Fsp3) is 0.571. The van der Waals surface area contributed by atoms with Crippen LogP contribution in [0.5, 0.6) is 0 Å². The minimum absolute atomic E-state index is 0.0244. The molecular formula is C14H16Br2ClFO2S. The van der Waals surface area contributed by atoms with Crippen LogP contribution in [0.1, 0.15) is 12.0 Å². The molecule has 1 aliphatic rings. The Morgan fingerprint density at radius 3 is 2.48 bits per heavy atom. The van der Waals surface area contributed by atoms with Gasteiger partial charge in [-0.3, -0.25) is 0 Å². The molecule has 1 atom stereocenters. The summed E-state index contributed by atoms with van der Waals surface area (Å²) in [6, 6.07) is 4.65. The summed E-state index contributed by atoms with van der Waals surface area (Å²) in [6.45, 7) is 0. The van der Waals surface area contributed by atoms with Crippen molar-refractivity contribution < 1.29 is 12.8 Å². The molecule has 2 nitrogen and oxygen atoms in total. The third-order valence-corrected chi connectivity index (χ3v) is 8.42. The van der Waals surface area contributed by atoms with E-state index in [4.69, 9.17) is 11.6 Å². The average Bonchev–Trinajstić information content (AvgIpc) is 2.79. The topological polar surface area (TPSA) is 34.1 Å². The first-order chi connectivity index (χ1) is 9.82. The molecule has 1 aliphatic heterocycles. The Bertz CT molecular complexity index is 617. The van der Waals surface area contributed by atoms with Gasteiger partial charge in [0.05, 0.1) is 11.5 Å². The van der Waals surface area contributed by atoms with Crippen LogP contribution in [0.4, 0.5) is 4.39 Å². The van der Waals surface area contributed by atoms with E-state index in [1.54, 1.807) is 12.1 Å². The molecule has 1 saturated heterocycles. The van der Waals surface area contributed by atoms with Gasteiger partial charge in [-0.1, -0.05) is 49.5 Å². The monoisotopic (exact) mass is 460 g/mol. The highest BCUT2D eigenvalue weighted by Crippen LogP contribution is 2.42. The fourth-order valence-corrected chi connectivity index (χ4v) is 7.16. The first-order valence-corrected chi connectivity index (χ1v) is 11.0. The van der Waals surface area contributed by atoms with E-state index in [0.717, 1.165) is 0 Å². The van der Waals surface area contributed by atoms with Gasteiger partial charge in [0.25, 0.3) is 0 Å². The van der Waals surface area contributed by atoms with E-state index in [9.17, 15) is 12.8 Å². The number of sulfone groups is 1. The summed E-state index contributed by atoms with van der Waals surface area (Å²) in [6.07, 6.45) is 1.11. The first kappa shape index (κ1) is 17.7. The highest BCUT2D eigenvalue weighted by atomic mass is 79.9. The molecule has 1 aromatic carbocycles. The Kier molecular flexibility index (Phi) is 5.77. The number of hydrogen-bond acceptors (Lipinski definition) is 2. The van der Waals surface area contributed by atoms with Gasteiger partial charge in [-0.15, -0.1) is 0 Å². The standard InChI is InChI=1S/C14H16Br2ClFO2S/c15-8-14(9-16,11-3-4-21(19,20)7-11)6-10-1-2-12(17)5-13(10)18/h1-2,5,11H,3-4,6-9H2. The number of halogens is 4. The maximum Gasteiger partial charge on any atom is 0.150 e. The molecule has 1 unspecified atom stereocenters. The van der Waals surface area contributed by atoms with E-state index in [1.165, 1.54) is 6.07 Å². The average molecular weight is 463 g/mol. The van der Waals surface area contributed by atoms with E-state index in [2.05, 4.69) is 31.9 Å². The molecule has 2 rings (SSSR count). The van der Waals surface area contributed by atoms with E-state index < -0.39 is 9.84 Å². The molecule has 0 aliphatic carbocycles. The van der Waals surface area contributed by atoms with Gasteiger partial charge < -0.3 is 0 Å². The van der Waals surface area contributed by atoms with Crippen molar-refractivity contribution in [1.82, 2.24) is 0 Å². The maximum absolute atomic E-state index is 14.1. The molecule has 0 radical (unpaired) electrons. The van der Waals surface area contributed by atoms with Gasteiger partial charge >= 0.3 is 0 Å². The van der Waals surface area contributed by atoms with Crippen molar-refractivity contribution in [2.45, 2.75) is 12.8 Å². The lowest BCUT2D eigenvalue weighted by Crippen LogP contribution is -2.37. The highest BCUT2D eigenvalue weighted by Gasteiger charge is 2.43. The lowest BCUT2D eigenvalue weighted by atomic mass is 9.74. The third-order valence-electron chi connectivity index (χ3n) is 4.19. The van der Waals surface area contributed by atoms with Gasteiger partial charge in [0, 0.05) is 15.7 Å². The van der Waals surface area contributed by atoms with Crippen LogP contribution < -0.4 is 0 Å². The zero-order chi connectivity index (χ0) is 15.7. The molecule has 118 valence electrons. The predicted octanol–water partition coefficient (Wildman–Crippen LogP) is 4.23. The second-order valence-corrected chi connectivity index (χ2v) is 9.43. The van der Waals surface area contributed by atoms with Gasteiger partial charge in [-0.05, 0) is 41.9 Å². The van der Waals surface area contributed by atoms with Gasteiger partial charge in [-0.2, -0.15) is 0 Å². The van der Waals surface area contributed by atoms with Crippen molar-refractivity contribution in [3.8, 4) is 0 Å². The van der Waals surface area contributed by atoms with Gasteiger partial charge in [0.15, 0.2) is 9.84 Å². The fourth-order valence-electron chi connectivity index (χ4n) is 2.82. The van der Waals surface area contributed by atoms with Crippen LogP contribution in [0.3, 0.4) is 0 Å². The molecule has 0 amide bonds. The zero-order valence-corrected chi connectivity index (χ0v) is 16.0. The summed E-state index contributed by atoms with van der Waals surface area (Å²) in [5.41, 5.74) is 0.251. The van der Waals surface area contributed by atoms with Crippen LogP contribution >= 0.6 is 43.5 Å². The van der Waals surface area contributed by atoms with E-state index in [1.807, 2.05) is 0 Å². The Balaban J connectivity index is 2.30. The molecule has 1 heterocycles. The molecule has 0 bridgehead atoms. The number of rotatable bonds is 5. The van der Waals surface area contributed by atoms with Gasteiger partial charge in [-0.25, -0.2) is 12.8 Å². The lowest BCUT2D eigenvalue weighted by molar-refractivity contribution is 0.250. The van der Waals surface area contributed by atoms with Crippen molar-refractivity contribution in [3.63, 3.8) is 0 Å². The minimum atomic E-state index is -2.96. The van der Waals surface area contributed by atoms with Crippen LogP contribution in [0.2, 0.25) is 5.02 Å². The van der Waals surface area contributed by atoms with E-state index in [0.29, 0.717) is 34.1 Å². The molecule has 7 heteroatoms. The zero-order valence-electron chi connectivity index (χ0n) is 11.3. The van der Waals surface area contributed by atoms with Crippen molar-refractivity contribution in [2.24, 2.45) is 11.3 Å². The molecule has 1 aromatic rings. The molecule has 0 spiro atoms. The minimum Gasteiger partial charge on any atom is -0.229 e. The van der Waals surface area contributed by atoms with Crippen molar-refractivity contribution in [3.05, 3.63) is 34.6 Å². The van der Waals surface area contributed by atoms with Crippen molar-refractivity contribution in [2.75, 3.05) is 22.2 Å². The van der Waals surface area contributed by atoms with Crippen LogP contribution in [0.15, 0.2) is 18.2 Å². The van der Waals surface area contributed by atoms with Crippen LogP contribution in [0, 0.1) is 17.2 Å². The molecule has 1 fully saturated rings. The summed E-state index contributed by atoms with van der Waals surface area (Å²) < 4.78 is 37.6. The SMILES string of the molecule is O=S1(=O)CCC(C(CBr)(CBr)Cc2ccc(Cl)cc2F)C1. The molecule has 0 saturated carbocycles. The summed E-state index contributed by atoms with van der Waals surface area (Å²) >= 11 is 12.8. The lowest BCUT2D eigenvalue weighted by Gasteiger charge is -2.36. The highest BCUT2D eigenvalue weighted by molar-refractivity contribution is 9.09. The van der Waals surface area contributed by atoms with Crippen LogP contribution in [-0.4, -0.2) is 30.6 Å². The number of benzene rings is 1. The number of alkyl halides is 2. The Hall–Kier alpha value is 0.350. The summed E-state index contributed by atoms with van der Waals surface area (Å²) in [5.74, 6) is 0.0908. The molecule has 0 aromatic heterocycles. The van der Waals surface area contributed by atoms with Crippen molar-refractivity contribution in [1.29, 1.82) is 0 Å². The van der Waals surface area contributed by atoms with Gasteiger partial charge in [0.1, 0.15) is 5.82 Å².